The lowest BCUT2D eigenvalue weighted by atomic mass is 9.94. The van der Waals surface area contributed by atoms with Crippen LogP contribution in [0.1, 0.15) is 66.2 Å². The van der Waals surface area contributed by atoms with E-state index in [1.165, 1.54) is 25.8 Å². The number of likely N-dealkylation sites (N-methyl/N-ethyl adjacent to an activating group) is 1. The number of nitrogens with zero attached hydrogens (tertiary/aromatic N) is 1. The molecule has 1 aliphatic carbocycles. The van der Waals surface area contributed by atoms with Gasteiger partial charge < -0.3 is 15.3 Å². The Bertz CT molecular complexity index is 316. The van der Waals surface area contributed by atoms with Crippen LogP contribution < -0.4 is 5.32 Å². The van der Waals surface area contributed by atoms with Gasteiger partial charge in [0.1, 0.15) is 5.54 Å². The van der Waals surface area contributed by atoms with Gasteiger partial charge in [-0.15, -0.1) is 0 Å². The molecule has 1 aliphatic rings. The third-order valence-electron chi connectivity index (χ3n) is 4.47. The Labute approximate surface area is 130 Å². The van der Waals surface area contributed by atoms with Gasteiger partial charge in [-0.05, 0) is 71.0 Å². The van der Waals surface area contributed by atoms with Gasteiger partial charge >= 0.3 is 5.97 Å². The monoisotopic (exact) mass is 298 g/mol. The first-order valence-electron chi connectivity index (χ1n) is 8.61. The molecule has 1 fully saturated rings. The lowest BCUT2D eigenvalue weighted by molar-refractivity contribution is -0.144. The molecule has 0 heterocycles. The second kappa shape index (κ2) is 8.74. The van der Waals surface area contributed by atoms with Crippen molar-refractivity contribution in [1.29, 1.82) is 0 Å². The molecule has 1 rings (SSSR count). The van der Waals surface area contributed by atoms with Crippen molar-refractivity contribution in [3.63, 3.8) is 0 Å². The summed E-state index contributed by atoms with van der Waals surface area (Å²) in [7, 11) is 0. The molecule has 4 heteroatoms. The second-order valence-corrected chi connectivity index (χ2v) is 7.07. The van der Waals surface area contributed by atoms with Crippen LogP contribution in [0.5, 0.6) is 0 Å². The summed E-state index contributed by atoms with van der Waals surface area (Å²) in [5.74, 6) is 0.0264. The van der Waals surface area contributed by atoms with Gasteiger partial charge in [-0.3, -0.25) is 4.79 Å². The number of carboxylic acids is 1. The topological polar surface area (TPSA) is 52.6 Å². The minimum absolute atomic E-state index is 0.700. The molecule has 2 N–H and O–H groups in total. The molecule has 4 nitrogen and oxygen atoms in total. The van der Waals surface area contributed by atoms with Crippen molar-refractivity contribution >= 4 is 5.97 Å². The van der Waals surface area contributed by atoms with Gasteiger partial charge in [0.25, 0.3) is 0 Å². The summed E-state index contributed by atoms with van der Waals surface area (Å²) in [5, 5.41) is 12.5. The largest absolute Gasteiger partial charge is 0.480 e. The van der Waals surface area contributed by atoms with E-state index in [2.05, 4.69) is 24.1 Å². The summed E-state index contributed by atoms with van der Waals surface area (Å²) in [5.41, 5.74) is -0.767. The molecule has 21 heavy (non-hydrogen) atoms. The lowest BCUT2D eigenvalue weighted by Gasteiger charge is -2.27. The highest BCUT2D eigenvalue weighted by Gasteiger charge is 2.32. The Morgan fingerprint density at radius 2 is 2.00 bits per heavy atom. The highest BCUT2D eigenvalue weighted by atomic mass is 16.4. The molecular formula is C17H34N2O2. The quantitative estimate of drug-likeness (QED) is 0.544. The lowest BCUT2D eigenvalue weighted by Crippen LogP contribution is -2.49. The van der Waals surface area contributed by atoms with Crippen LogP contribution in [0.3, 0.4) is 0 Å². The molecule has 0 aromatic heterocycles. The van der Waals surface area contributed by atoms with Crippen molar-refractivity contribution in [2.24, 2.45) is 5.92 Å². The first kappa shape index (κ1) is 18.4. The fraction of sp³-hybridized carbons (Fsp3) is 0.941. The van der Waals surface area contributed by atoms with Crippen LogP contribution in [-0.2, 0) is 4.79 Å². The molecule has 0 aromatic carbocycles. The van der Waals surface area contributed by atoms with E-state index in [1.54, 1.807) is 6.92 Å². The maximum Gasteiger partial charge on any atom is 0.323 e. The minimum Gasteiger partial charge on any atom is -0.480 e. The van der Waals surface area contributed by atoms with E-state index in [9.17, 15) is 9.90 Å². The van der Waals surface area contributed by atoms with Crippen LogP contribution in [0.25, 0.3) is 0 Å². The Balaban J connectivity index is 2.28. The minimum atomic E-state index is -0.767. The van der Waals surface area contributed by atoms with Crippen molar-refractivity contribution in [3.05, 3.63) is 0 Å². The summed E-state index contributed by atoms with van der Waals surface area (Å²) in [6.45, 7) is 11.3. The predicted octanol–water partition coefficient (Wildman–Crippen LogP) is 3.12. The Morgan fingerprint density at radius 3 is 2.48 bits per heavy atom. The third kappa shape index (κ3) is 6.79. The summed E-state index contributed by atoms with van der Waals surface area (Å²) >= 11 is 0. The van der Waals surface area contributed by atoms with Crippen LogP contribution in [-0.4, -0.2) is 47.2 Å². The summed E-state index contributed by atoms with van der Waals surface area (Å²) < 4.78 is 0. The molecule has 124 valence electrons. The number of aliphatic carboxylic acids is 1. The van der Waals surface area contributed by atoms with Crippen LogP contribution in [0.4, 0.5) is 0 Å². The number of carbonyl (C=O) groups is 1. The molecule has 0 spiro atoms. The fourth-order valence-electron chi connectivity index (χ4n) is 2.80. The Hall–Kier alpha value is -0.610. The van der Waals surface area contributed by atoms with Crippen molar-refractivity contribution in [2.75, 3.05) is 19.6 Å². The van der Waals surface area contributed by atoms with Gasteiger partial charge in [0.05, 0.1) is 0 Å². The maximum atomic E-state index is 11.4. The SMILES string of the molecule is CCNC(C)(CCCCN(CCC(C)C)C1CC1)C(=O)O. The van der Waals surface area contributed by atoms with Crippen LogP contribution in [0, 0.1) is 5.92 Å². The first-order valence-corrected chi connectivity index (χ1v) is 8.61. The van der Waals surface area contributed by atoms with Crippen molar-refractivity contribution in [3.8, 4) is 0 Å². The maximum absolute atomic E-state index is 11.4. The summed E-state index contributed by atoms with van der Waals surface area (Å²) in [4.78, 5) is 14.0. The molecule has 0 bridgehead atoms. The molecule has 0 saturated heterocycles. The van der Waals surface area contributed by atoms with Gasteiger partial charge in [0.2, 0.25) is 0 Å². The zero-order valence-electron chi connectivity index (χ0n) is 14.3. The molecule has 1 unspecified atom stereocenters. The molecule has 0 aliphatic heterocycles. The normalized spacial score (nSPS) is 18.2. The van der Waals surface area contributed by atoms with E-state index < -0.39 is 11.5 Å². The van der Waals surface area contributed by atoms with Crippen LogP contribution >= 0.6 is 0 Å². The van der Waals surface area contributed by atoms with Crippen LogP contribution in [0.2, 0.25) is 0 Å². The van der Waals surface area contributed by atoms with Gasteiger partial charge in [0.15, 0.2) is 0 Å². The van der Waals surface area contributed by atoms with Crippen molar-refractivity contribution in [1.82, 2.24) is 10.2 Å². The van der Waals surface area contributed by atoms with E-state index in [1.807, 2.05) is 6.92 Å². The zero-order valence-corrected chi connectivity index (χ0v) is 14.3. The standard InChI is InChI=1S/C17H34N2O2/c1-5-18-17(4,16(20)21)11-6-7-12-19(15-8-9-15)13-10-14(2)3/h14-15,18H,5-13H2,1-4H3,(H,20,21). The summed E-state index contributed by atoms with van der Waals surface area (Å²) in [6, 6.07) is 0.809. The molecule has 1 atom stereocenters. The fourth-order valence-corrected chi connectivity index (χ4v) is 2.80. The van der Waals surface area contributed by atoms with Gasteiger partial charge in [0, 0.05) is 6.04 Å². The van der Waals surface area contributed by atoms with Gasteiger partial charge in [-0.1, -0.05) is 20.8 Å². The van der Waals surface area contributed by atoms with E-state index in [0.717, 1.165) is 31.3 Å². The Kier molecular flexibility index (Phi) is 7.67. The van der Waals surface area contributed by atoms with E-state index in [4.69, 9.17) is 0 Å². The molecular weight excluding hydrogens is 264 g/mol. The summed E-state index contributed by atoms with van der Waals surface area (Å²) in [6.07, 6.45) is 6.74. The predicted molar refractivity (Wildman–Crippen MR) is 87.6 cm³/mol. The third-order valence-corrected chi connectivity index (χ3v) is 4.47. The zero-order chi connectivity index (χ0) is 15.9. The van der Waals surface area contributed by atoms with E-state index in [-0.39, 0.29) is 0 Å². The smallest absolute Gasteiger partial charge is 0.323 e. The molecule has 0 radical (unpaired) electrons. The van der Waals surface area contributed by atoms with Crippen LogP contribution in [0.15, 0.2) is 0 Å². The number of unbranched alkanes of at least 4 members (excludes halogenated alkanes) is 1. The Morgan fingerprint density at radius 1 is 1.33 bits per heavy atom. The molecule has 0 amide bonds. The van der Waals surface area contributed by atoms with E-state index in [0.29, 0.717) is 13.0 Å². The number of nitrogens with one attached hydrogen (secondary N) is 1. The first-order chi connectivity index (χ1) is 9.89. The van der Waals surface area contributed by atoms with Crippen molar-refractivity contribution < 1.29 is 9.90 Å². The average Bonchev–Trinajstić information content (AvgIpc) is 3.22. The van der Waals surface area contributed by atoms with Crippen molar-refractivity contribution in [2.45, 2.75) is 77.8 Å². The second-order valence-electron chi connectivity index (χ2n) is 7.07. The average molecular weight is 298 g/mol. The molecule has 0 aromatic rings. The number of carboxylic acid groups (broad SMARTS) is 1. The van der Waals surface area contributed by atoms with Gasteiger partial charge in [-0.25, -0.2) is 0 Å². The number of rotatable bonds is 12. The number of hydrogen-bond donors (Lipinski definition) is 2. The van der Waals surface area contributed by atoms with E-state index >= 15 is 0 Å². The van der Waals surface area contributed by atoms with Gasteiger partial charge in [-0.2, -0.15) is 0 Å². The highest BCUT2D eigenvalue weighted by molar-refractivity contribution is 5.78. The number of hydrogen-bond acceptors (Lipinski definition) is 3. The molecule has 1 saturated carbocycles. The highest BCUT2D eigenvalue weighted by Crippen LogP contribution is 2.28.